The molecule has 0 N–H and O–H groups in total. The summed E-state index contributed by atoms with van der Waals surface area (Å²) in [7, 11) is 0. The maximum absolute atomic E-state index is 12.4. The van der Waals surface area contributed by atoms with Crippen molar-refractivity contribution in [1.82, 2.24) is 0 Å². The lowest BCUT2D eigenvalue weighted by Crippen LogP contribution is -2.11. The lowest BCUT2D eigenvalue weighted by atomic mass is 10.1. The number of ether oxygens (including phenoxy) is 3. The van der Waals surface area contributed by atoms with Crippen LogP contribution in [-0.4, -0.2) is 18.5 Å². The molecule has 34 heavy (non-hydrogen) atoms. The molecule has 0 saturated carbocycles. The summed E-state index contributed by atoms with van der Waals surface area (Å²) in [6, 6.07) is 19.6. The molecule has 0 radical (unpaired) electrons. The Labute approximate surface area is 205 Å². The van der Waals surface area contributed by atoms with Crippen molar-refractivity contribution >= 4 is 23.5 Å². The van der Waals surface area contributed by atoms with Gasteiger partial charge in [0.1, 0.15) is 17.2 Å². The molecule has 178 valence electrons. The van der Waals surface area contributed by atoms with Crippen molar-refractivity contribution in [3.8, 4) is 17.2 Å². The third-order valence-electron chi connectivity index (χ3n) is 5.18. The number of halogens is 1. The van der Waals surface area contributed by atoms with Crippen molar-refractivity contribution in [3.05, 3.63) is 88.9 Å². The summed E-state index contributed by atoms with van der Waals surface area (Å²) < 4.78 is 16.5. The van der Waals surface area contributed by atoms with Gasteiger partial charge in [0.15, 0.2) is 0 Å². The maximum atomic E-state index is 12.4. The van der Waals surface area contributed by atoms with Crippen LogP contribution < -0.4 is 14.2 Å². The second-order valence-corrected chi connectivity index (χ2v) is 8.33. The van der Waals surface area contributed by atoms with Crippen molar-refractivity contribution in [2.75, 3.05) is 6.61 Å². The molecule has 6 heteroatoms. The van der Waals surface area contributed by atoms with E-state index in [2.05, 4.69) is 6.92 Å². The van der Waals surface area contributed by atoms with Crippen LogP contribution in [0.3, 0.4) is 0 Å². The molecule has 0 amide bonds. The predicted molar refractivity (Wildman–Crippen MR) is 133 cm³/mol. The van der Waals surface area contributed by atoms with Crippen molar-refractivity contribution in [2.24, 2.45) is 0 Å². The maximum Gasteiger partial charge on any atom is 0.343 e. The highest BCUT2D eigenvalue weighted by molar-refractivity contribution is 6.30. The van der Waals surface area contributed by atoms with Gasteiger partial charge in [0.25, 0.3) is 0 Å². The minimum absolute atomic E-state index is 0.318. The number of esters is 2. The molecule has 0 aliphatic carbocycles. The van der Waals surface area contributed by atoms with Crippen LogP contribution in [0, 0.1) is 0 Å². The van der Waals surface area contributed by atoms with Crippen molar-refractivity contribution in [2.45, 2.75) is 45.4 Å². The molecule has 3 rings (SSSR count). The normalized spacial score (nSPS) is 10.5. The van der Waals surface area contributed by atoms with Crippen LogP contribution >= 0.6 is 11.6 Å². The standard InChI is InChI=1S/C28H29ClO5/c1-2-3-4-5-6-7-20-32-24-16-18-26(19-17-24)34-28(31)22-10-8-21(9-11-22)27(30)33-25-14-12-23(29)13-15-25/h8-19H,2-7,20H2,1H3. The Morgan fingerprint density at radius 1 is 0.618 bits per heavy atom. The molecular weight excluding hydrogens is 452 g/mol. The second-order valence-electron chi connectivity index (χ2n) is 7.90. The molecule has 0 bridgehead atoms. The smallest absolute Gasteiger partial charge is 0.343 e. The van der Waals surface area contributed by atoms with Gasteiger partial charge in [-0.15, -0.1) is 0 Å². The lowest BCUT2D eigenvalue weighted by molar-refractivity contribution is 0.0720. The highest BCUT2D eigenvalue weighted by Crippen LogP contribution is 2.20. The molecule has 0 heterocycles. The van der Waals surface area contributed by atoms with E-state index in [1.165, 1.54) is 56.4 Å². The van der Waals surface area contributed by atoms with Gasteiger partial charge in [-0.3, -0.25) is 0 Å². The van der Waals surface area contributed by atoms with Gasteiger partial charge in [-0.05, 0) is 79.2 Å². The summed E-state index contributed by atoms with van der Waals surface area (Å²) in [5.74, 6) is 0.509. The summed E-state index contributed by atoms with van der Waals surface area (Å²) >= 11 is 5.83. The van der Waals surface area contributed by atoms with E-state index in [9.17, 15) is 9.59 Å². The van der Waals surface area contributed by atoms with E-state index >= 15 is 0 Å². The monoisotopic (exact) mass is 480 g/mol. The number of carbonyl (C=O) groups excluding carboxylic acids is 2. The Morgan fingerprint density at radius 2 is 1.06 bits per heavy atom. The lowest BCUT2D eigenvalue weighted by Gasteiger charge is -2.08. The fourth-order valence-electron chi connectivity index (χ4n) is 3.25. The Hall–Kier alpha value is -3.31. The van der Waals surface area contributed by atoms with Crippen LogP contribution in [0.15, 0.2) is 72.8 Å². The molecule has 3 aromatic rings. The van der Waals surface area contributed by atoms with Crippen molar-refractivity contribution in [3.63, 3.8) is 0 Å². The van der Waals surface area contributed by atoms with Crippen molar-refractivity contribution in [1.29, 1.82) is 0 Å². The average molecular weight is 481 g/mol. The van der Waals surface area contributed by atoms with Gasteiger partial charge in [0, 0.05) is 5.02 Å². The Balaban J connectivity index is 1.45. The van der Waals surface area contributed by atoms with Gasteiger partial charge in [-0.1, -0.05) is 50.6 Å². The number of unbranched alkanes of at least 4 members (excludes halogenated alkanes) is 5. The third-order valence-corrected chi connectivity index (χ3v) is 5.43. The first kappa shape index (κ1) is 25.3. The van der Waals surface area contributed by atoms with E-state index in [1.54, 1.807) is 48.5 Å². The van der Waals surface area contributed by atoms with E-state index in [4.69, 9.17) is 25.8 Å². The van der Waals surface area contributed by atoms with Crippen LogP contribution in [0.1, 0.15) is 66.2 Å². The average Bonchev–Trinajstić information content (AvgIpc) is 2.86. The Bertz CT molecular complexity index is 1040. The molecule has 0 spiro atoms. The van der Waals surface area contributed by atoms with E-state index < -0.39 is 11.9 Å². The zero-order valence-corrected chi connectivity index (χ0v) is 20.1. The molecule has 5 nitrogen and oxygen atoms in total. The van der Waals surface area contributed by atoms with Crippen LogP contribution in [0.2, 0.25) is 5.02 Å². The van der Waals surface area contributed by atoms with Gasteiger partial charge in [-0.2, -0.15) is 0 Å². The highest BCUT2D eigenvalue weighted by Gasteiger charge is 2.13. The number of hydrogen-bond acceptors (Lipinski definition) is 5. The summed E-state index contributed by atoms with van der Waals surface area (Å²) in [4.78, 5) is 24.7. The zero-order valence-electron chi connectivity index (χ0n) is 19.3. The first-order valence-electron chi connectivity index (χ1n) is 11.6. The van der Waals surface area contributed by atoms with Gasteiger partial charge < -0.3 is 14.2 Å². The van der Waals surface area contributed by atoms with E-state index in [0.717, 1.165) is 12.2 Å². The van der Waals surface area contributed by atoms with E-state index in [-0.39, 0.29) is 0 Å². The summed E-state index contributed by atoms with van der Waals surface area (Å²) in [5, 5.41) is 0.554. The first-order chi connectivity index (χ1) is 16.5. The Morgan fingerprint density at radius 3 is 1.59 bits per heavy atom. The first-order valence-corrected chi connectivity index (χ1v) is 12.0. The predicted octanol–water partition coefficient (Wildman–Crippen LogP) is 7.52. The molecule has 0 saturated heterocycles. The molecule has 0 aliphatic rings. The highest BCUT2D eigenvalue weighted by atomic mass is 35.5. The fourth-order valence-corrected chi connectivity index (χ4v) is 3.38. The molecule has 0 aromatic heterocycles. The SMILES string of the molecule is CCCCCCCCOc1ccc(OC(=O)c2ccc(C(=O)Oc3ccc(Cl)cc3)cc2)cc1. The molecule has 0 unspecified atom stereocenters. The largest absolute Gasteiger partial charge is 0.494 e. The summed E-state index contributed by atoms with van der Waals surface area (Å²) in [6.07, 6.45) is 7.28. The third kappa shape index (κ3) is 8.23. The number of hydrogen-bond donors (Lipinski definition) is 0. The van der Waals surface area contributed by atoms with Gasteiger partial charge in [-0.25, -0.2) is 9.59 Å². The quantitative estimate of drug-likeness (QED) is 0.152. The fraction of sp³-hybridized carbons (Fsp3) is 0.286. The molecule has 3 aromatic carbocycles. The molecular formula is C28H29ClO5. The van der Waals surface area contributed by atoms with Crippen LogP contribution in [0.25, 0.3) is 0 Å². The van der Waals surface area contributed by atoms with Gasteiger partial charge in [0.2, 0.25) is 0 Å². The number of rotatable bonds is 12. The second kappa shape index (κ2) is 13.4. The zero-order chi connectivity index (χ0) is 24.2. The number of carbonyl (C=O) groups is 2. The minimum atomic E-state index is -0.529. The topological polar surface area (TPSA) is 61.8 Å². The van der Waals surface area contributed by atoms with Crippen molar-refractivity contribution < 1.29 is 23.8 Å². The van der Waals surface area contributed by atoms with Crippen LogP contribution in [0.5, 0.6) is 17.2 Å². The van der Waals surface area contributed by atoms with Crippen LogP contribution in [0.4, 0.5) is 0 Å². The van der Waals surface area contributed by atoms with Gasteiger partial charge >= 0.3 is 11.9 Å². The molecule has 0 fully saturated rings. The number of benzene rings is 3. The minimum Gasteiger partial charge on any atom is -0.494 e. The molecule has 0 atom stereocenters. The summed E-state index contributed by atoms with van der Waals surface area (Å²) in [5.41, 5.74) is 0.643. The van der Waals surface area contributed by atoms with E-state index in [0.29, 0.717) is 34.3 Å². The Kier molecular flexibility index (Phi) is 9.98. The van der Waals surface area contributed by atoms with Crippen LogP contribution in [-0.2, 0) is 0 Å². The van der Waals surface area contributed by atoms with E-state index in [1.807, 2.05) is 0 Å². The molecule has 0 aliphatic heterocycles. The summed E-state index contributed by atoms with van der Waals surface area (Å²) in [6.45, 7) is 2.89. The van der Waals surface area contributed by atoms with Gasteiger partial charge in [0.05, 0.1) is 17.7 Å².